The zero-order valence-electron chi connectivity index (χ0n) is 7.66. The van der Waals surface area contributed by atoms with E-state index in [1.165, 1.54) is 0 Å². The Labute approximate surface area is 73.9 Å². The van der Waals surface area contributed by atoms with Gasteiger partial charge < -0.3 is 10.2 Å². The van der Waals surface area contributed by atoms with Crippen LogP contribution in [0.5, 0.6) is 0 Å². The highest BCUT2D eigenvalue weighted by Gasteiger charge is 2.18. The van der Waals surface area contributed by atoms with Crippen LogP contribution in [0.4, 0.5) is 0 Å². The standard InChI is InChI=1S/C10H18O2/c1-2-8-3-4-10(12)9(7-8)5-6-11/h7-8,10-12H,2-6H2,1H3/t8-,10+/m0/s1. The number of aliphatic hydroxyl groups is 2. The van der Waals surface area contributed by atoms with Gasteiger partial charge in [0.1, 0.15) is 0 Å². The van der Waals surface area contributed by atoms with Crippen molar-refractivity contribution < 1.29 is 10.2 Å². The minimum Gasteiger partial charge on any atom is -0.396 e. The second-order valence-electron chi connectivity index (χ2n) is 3.48. The Bertz CT molecular complexity index is 163. The van der Waals surface area contributed by atoms with Gasteiger partial charge in [-0.2, -0.15) is 0 Å². The van der Waals surface area contributed by atoms with Gasteiger partial charge in [0.2, 0.25) is 0 Å². The van der Waals surface area contributed by atoms with Crippen molar-refractivity contribution in [2.45, 2.75) is 38.7 Å². The van der Waals surface area contributed by atoms with E-state index in [-0.39, 0.29) is 12.7 Å². The van der Waals surface area contributed by atoms with E-state index in [1.54, 1.807) is 0 Å². The van der Waals surface area contributed by atoms with Crippen LogP contribution < -0.4 is 0 Å². The molecule has 0 aromatic carbocycles. The molecule has 0 saturated heterocycles. The molecule has 0 aliphatic heterocycles. The van der Waals surface area contributed by atoms with E-state index in [2.05, 4.69) is 13.0 Å². The largest absolute Gasteiger partial charge is 0.396 e. The van der Waals surface area contributed by atoms with Crippen LogP contribution in [0.1, 0.15) is 32.6 Å². The van der Waals surface area contributed by atoms with E-state index in [0.717, 1.165) is 24.8 Å². The van der Waals surface area contributed by atoms with Crippen molar-refractivity contribution in [3.8, 4) is 0 Å². The second-order valence-corrected chi connectivity index (χ2v) is 3.48. The summed E-state index contributed by atoms with van der Waals surface area (Å²) in [6.45, 7) is 2.31. The lowest BCUT2D eigenvalue weighted by molar-refractivity contribution is 0.169. The smallest absolute Gasteiger partial charge is 0.0751 e. The van der Waals surface area contributed by atoms with Crippen LogP contribution in [0, 0.1) is 5.92 Å². The highest BCUT2D eigenvalue weighted by Crippen LogP contribution is 2.26. The van der Waals surface area contributed by atoms with Crippen molar-refractivity contribution in [1.82, 2.24) is 0 Å². The summed E-state index contributed by atoms with van der Waals surface area (Å²) < 4.78 is 0. The topological polar surface area (TPSA) is 40.5 Å². The minimum absolute atomic E-state index is 0.152. The number of hydrogen-bond acceptors (Lipinski definition) is 2. The quantitative estimate of drug-likeness (QED) is 0.630. The maximum Gasteiger partial charge on any atom is 0.0751 e. The van der Waals surface area contributed by atoms with E-state index < -0.39 is 0 Å². The number of aliphatic hydroxyl groups excluding tert-OH is 2. The third-order valence-electron chi connectivity index (χ3n) is 2.61. The molecule has 0 aromatic heterocycles. The Morgan fingerprint density at radius 3 is 2.83 bits per heavy atom. The Morgan fingerprint density at radius 2 is 2.25 bits per heavy atom. The third-order valence-corrected chi connectivity index (χ3v) is 2.61. The fraction of sp³-hybridized carbons (Fsp3) is 0.800. The molecular formula is C10H18O2. The Kier molecular flexibility index (Phi) is 3.76. The van der Waals surface area contributed by atoms with E-state index in [9.17, 15) is 5.11 Å². The molecule has 2 heteroatoms. The fourth-order valence-corrected chi connectivity index (χ4v) is 1.76. The summed E-state index contributed by atoms with van der Waals surface area (Å²) in [6.07, 6.45) is 5.58. The van der Waals surface area contributed by atoms with E-state index >= 15 is 0 Å². The fourth-order valence-electron chi connectivity index (χ4n) is 1.76. The predicted molar refractivity (Wildman–Crippen MR) is 48.8 cm³/mol. The molecule has 1 aliphatic rings. The summed E-state index contributed by atoms with van der Waals surface area (Å²) in [6, 6.07) is 0. The summed E-state index contributed by atoms with van der Waals surface area (Å²) >= 11 is 0. The van der Waals surface area contributed by atoms with Crippen molar-refractivity contribution >= 4 is 0 Å². The van der Waals surface area contributed by atoms with Crippen LogP contribution in [0.2, 0.25) is 0 Å². The van der Waals surface area contributed by atoms with Crippen LogP contribution in [-0.4, -0.2) is 22.9 Å². The van der Waals surface area contributed by atoms with Crippen molar-refractivity contribution in [3.63, 3.8) is 0 Å². The van der Waals surface area contributed by atoms with Gasteiger partial charge in [-0.25, -0.2) is 0 Å². The maximum atomic E-state index is 9.53. The lowest BCUT2D eigenvalue weighted by Crippen LogP contribution is -2.19. The van der Waals surface area contributed by atoms with Crippen LogP contribution in [0.25, 0.3) is 0 Å². The maximum absolute atomic E-state index is 9.53. The van der Waals surface area contributed by atoms with Gasteiger partial charge in [-0.05, 0) is 37.2 Å². The Morgan fingerprint density at radius 1 is 1.50 bits per heavy atom. The van der Waals surface area contributed by atoms with Crippen LogP contribution in [-0.2, 0) is 0 Å². The second kappa shape index (κ2) is 4.63. The molecule has 0 saturated carbocycles. The van der Waals surface area contributed by atoms with E-state index in [0.29, 0.717) is 12.3 Å². The Hall–Kier alpha value is -0.340. The van der Waals surface area contributed by atoms with Gasteiger partial charge in [-0.1, -0.05) is 13.0 Å². The molecule has 0 radical (unpaired) electrons. The first-order valence-corrected chi connectivity index (χ1v) is 4.77. The molecular weight excluding hydrogens is 152 g/mol. The first-order valence-electron chi connectivity index (χ1n) is 4.77. The molecule has 1 rings (SSSR count). The summed E-state index contributed by atoms with van der Waals surface area (Å²) in [5.74, 6) is 0.620. The molecule has 0 fully saturated rings. The lowest BCUT2D eigenvalue weighted by atomic mass is 9.86. The molecule has 0 amide bonds. The average Bonchev–Trinajstić information content (AvgIpc) is 2.09. The first kappa shape index (κ1) is 9.75. The molecule has 70 valence electrons. The van der Waals surface area contributed by atoms with Gasteiger partial charge in [-0.3, -0.25) is 0 Å². The molecule has 2 N–H and O–H groups in total. The lowest BCUT2D eigenvalue weighted by Gasteiger charge is -2.24. The zero-order valence-corrected chi connectivity index (χ0v) is 7.66. The molecule has 12 heavy (non-hydrogen) atoms. The third kappa shape index (κ3) is 2.32. The summed E-state index contributed by atoms with van der Waals surface area (Å²) in [5, 5.41) is 18.3. The minimum atomic E-state index is -0.292. The van der Waals surface area contributed by atoms with Crippen LogP contribution >= 0.6 is 0 Å². The van der Waals surface area contributed by atoms with Gasteiger partial charge in [0.15, 0.2) is 0 Å². The predicted octanol–water partition coefficient (Wildman–Crippen LogP) is 1.48. The Balaban J connectivity index is 2.57. The summed E-state index contributed by atoms with van der Waals surface area (Å²) in [7, 11) is 0. The normalized spacial score (nSPS) is 30.1. The molecule has 0 heterocycles. The average molecular weight is 170 g/mol. The van der Waals surface area contributed by atoms with Crippen molar-refractivity contribution in [3.05, 3.63) is 11.6 Å². The van der Waals surface area contributed by atoms with Gasteiger partial charge in [0.05, 0.1) is 6.10 Å². The highest BCUT2D eigenvalue weighted by atomic mass is 16.3. The molecule has 0 unspecified atom stereocenters. The number of rotatable bonds is 3. The highest BCUT2D eigenvalue weighted by molar-refractivity contribution is 5.13. The van der Waals surface area contributed by atoms with Crippen LogP contribution in [0.15, 0.2) is 11.6 Å². The summed E-state index contributed by atoms with van der Waals surface area (Å²) in [4.78, 5) is 0. The SMILES string of the molecule is CC[C@@H]1C=C(CCO)[C@H](O)CC1. The monoisotopic (exact) mass is 170 g/mol. The molecule has 0 bridgehead atoms. The van der Waals surface area contributed by atoms with Crippen LogP contribution in [0.3, 0.4) is 0 Å². The van der Waals surface area contributed by atoms with E-state index in [4.69, 9.17) is 5.11 Å². The summed E-state index contributed by atoms with van der Waals surface area (Å²) in [5.41, 5.74) is 1.04. The molecule has 0 spiro atoms. The van der Waals surface area contributed by atoms with Crippen molar-refractivity contribution in [1.29, 1.82) is 0 Å². The van der Waals surface area contributed by atoms with Crippen molar-refractivity contribution in [2.24, 2.45) is 5.92 Å². The van der Waals surface area contributed by atoms with E-state index in [1.807, 2.05) is 0 Å². The molecule has 2 nitrogen and oxygen atoms in total. The van der Waals surface area contributed by atoms with Gasteiger partial charge in [-0.15, -0.1) is 0 Å². The first-order chi connectivity index (χ1) is 5.77. The van der Waals surface area contributed by atoms with Gasteiger partial charge in [0.25, 0.3) is 0 Å². The molecule has 1 aliphatic carbocycles. The zero-order chi connectivity index (χ0) is 8.97. The van der Waals surface area contributed by atoms with Gasteiger partial charge >= 0.3 is 0 Å². The molecule has 2 atom stereocenters. The number of allylic oxidation sites excluding steroid dienone is 1. The number of hydrogen-bond donors (Lipinski definition) is 2. The van der Waals surface area contributed by atoms with Gasteiger partial charge in [0, 0.05) is 6.61 Å². The van der Waals surface area contributed by atoms with Crippen molar-refractivity contribution in [2.75, 3.05) is 6.61 Å². The molecule has 0 aromatic rings.